The molecule has 0 nitrogen and oxygen atoms in total. The Kier molecular flexibility index (Phi) is 4.57. The average molecular weight is 330 g/mol. The summed E-state index contributed by atoms with van der Waals surface area (Å²) in [6, 6.07) is 0. The lowest BCUT2D eigenvalue weighted by Crippen LogP contribution is -1.95. The van der Waals surface area contributed by atoms with Crippen molar-refractivity contribution in [1.82, 2.24) is 0 Å². The van der Waals surface area contributed by atoms with Gasteiger partial charge in [0.2, 0.25) is 0 Å². The fourth-order valence-corrected chi connectivity index (χ4v) is 0. The molecule has 4 heteroatoms. The van der Waals surface area contributed by atoms with Gasteiger partial charge < -0.3 is 0 Å². The van der Waals surface area contributed by atoms with Crippen LogP contribution in [0.5, 0.6) is 0 Å². The van der Waals surface area contributed by atoms with Gasteiger partial charge in [0.15, 0.2) is 5.08 Å². The van der Waals surface area contributed by atoms with E-state index in [1.54, 1.807) is 0 Å². The molecular weight excluding hydrogens is 328 g/mol. The fourth-order valence-electron chi connectivity index (χ4n) is 0. The van der Waals surface area contributed by atoms with Crippen LogP contribution in [0.25, 0.3) is 0 Å². The highest BCUT2D eigenvalue weighted by Crippen LogP contribution is 2.20. The molecule has 0 aromatic rings. The smallest absolute Gasteiger partial charge is 0.176 e. The summed E-state index contributed by atoms with van der Waals surface area (Å²) < 4.78 is 11.6. The third kappa shape index (κ3) is 3.80. The van der Waals surface area contributed by atoms with E-state index in [1.807, 2.05) is 22.6 Å². The van der Waals surface area contributed by atoms with E-state index in [0.717, 1.165) is 0 Å². The van der Waals surface area contributed by atoms with Crippen molar-refractivity contribution in [1.29, 1.82) is 0 Å². The number of rotatable bonds is 1. The molecule has 0 spiro atoms. The van der Waals surface area contributed by atoms with Crippen LogP contribution in [-0.4, -0.2) is 7.91 Å². The molecule has 0 aromatic carbocycles. The van der Waals surface area contributed by atoms with E-state index in [9.17, 15) is 4.39 Å². The first-order valence-electron chi connectivity index (χ1n) is 1.21. The molecule has 2 atom stereocenters. The van der Waals surface area contributed by atoms with Crippen molar-refractivity contribution in [2.45, 2.75) is 7.91 Å². The van der Waals surface area contributed by atoms with Gasteiger partial charge in [-0.2, -0.15) is 0 Å². The Bertz CT molecular complexity index is 32.5. The Labute approximate surface area is 66.3 Å². The van der Waals surface area contributed by atoms with Crippen LogP contribution < -0.4 is 0 Å². The highest BCUT2D eigenvalue weighted by molar-refractivity contribution is 14.1. The van der Waals surface area contributed by atoms with E-state index in [2.05, 4.69) is 31.9 Å². The first-order valence-corrected chi connectivity index (χ1v) is 4.28. The summed E-state index contributed by atoms with van der Waals surface area (Å²) in [6.07, 6.45) is 0. The molecule has 0 aliphatic rings. The zero-order chi connectivity index (χ0) is 5.15. The second-order valence-electron chi connectivity index (χ2n) is 0.669. The fraction of sp³-hybridized carbons (Fsp3) is 1.00. The predicted molar refractivity (Wildman–Crippen MR) is 40.6 cm³/mol. The molecule has 0 heterocycles. The minimum absolute atomic E-state index is 0.116. The van der Waals surface area contributed by atoms with Crippen molar-refractivity contribution in [3.05, 3.63) is 0 Å². The van der Waals surface area contributed by atoms with Gasteiger partial charge in [-0.15, -0.1) is 0 Å². The van der Waals surface area contributed by atoms with Crippen molar-refractivity contribution < 1.29 is 4.39 Å². The molecule has 0 unspecified atom stereocenters. The number of alkyl halides is 4. The monoisotopic (exact) mass is 330 g/mol. The molecule has 0 radical (unpaired) electrons. The van der Waals surface area contributed by atoms with Crippen molar-refractivity contribution in [2.24, 2.45) is 0 Å². The number of hydrogen-bond donors (Lipinski definition) is 0. The molecule has 6 heavy (non-hydrogen) atoms. The minimum atomic E-state index is -0.932. The van der Waals surface area contributed by atoms with E-state index in [-0.39, 0.29) is 2.83 Å². The maximum atomic E-state index is 11.7. The summed E-state index contributed by atoms with van der Waals surface area (Å²) >= 11 is 7.65. The van der Waals surface area contributed by atoms with Gasteiger partial charge in [-0.1, -0.05) is 38.5 Å². The molecule has 0 aromatic heterocycles. The van der Waals surface area contributed by atoms with E-state index >= 15 is 0 Å². The minimum Gasteiger partial charge on any atom is -0.233 e. The lowest BCUT2D eigenvalue weighted by atomic mass is 10.9. The van der Waals surface area contributed by atoms with Gasteiger partial charge in [-0.05, 0) is 15.9 Å². The van der Waals surface area contributed by atoms with Crippen LogP contribution in [-0.2, 0) is 0 Å². The van der Waals surface area contributed by atoms with E-state index in [0.29, 0.717) is 0 Å². The molecule has 0 N–H and O–H groups in total. The van der Waals surface area contributed by atoms with Gasteiger partial charge in [0, 0.05) is 0 Å². The van der Waals surface area contributed by atoms with Crippen LogP contribution in [0.1, 0.15) is 0 Å². The molecule has 0 aliphatic heterocycles. The van der Waals surface area contributed by atoms with Crippen LogP contribution in [0, 0.1) is 0 Å². The summed E-state index contributed by atoms with van der Waals surface area (Å²) in [4.78, 5) is 0. The second-order valence-corrected chi connectivity index (χ2v) is 5.58. The van der Waals surface area contributed by atoms with Crippen LogP contribution >= 0.6 is 54.5 Å². The third-order valence-electron chi connectivity index (χ3n) is 0.190. The maximum absolute atomic E-state index is 11.7. The lowest BCUT2D eigenvalue weighted by molar-refractivity contribution is 0.495. The van der Waals surface area contributed by atoms with Crippen molar-refractivity contribution in [3.8, 4) is 0 Å². The Balaban J connectivity index is 2.99. The van der Waals surface area contributed by atoms with Crippen LogP contribution in [0.2, 0.25) is 0 Å². The normalized spacial score (nSPS) is 20.0. The molecular formula is C2H2Br2FI. The average Bonchev–Trinajstić information content (AvgIpc) is 1.36. The highest BCUT2D eigenvalue weighted by atomic mass is 127. The molecule has 0 saturated carbocycles. The van der Waals surface area contributed by atoms with Crippen LogP contribution in [0.4, 0.5) is 4.39 Å². The van der Waals surface area contributed by atoms with Gasteiger partial charge in [0.25, 0.3) is 0 Å². The van der Waals surface area contributed by atoms with Crippen molar-refractivity contribution in [3.63, 3.8) is 0 Å². The Morgan fingerprint density at radius 3 is 1.67 bits per heavy atom. The molecule has 0 rings (SSSR count). The molecule has 38 valence electrons. The first kappa shape index (κ1) is 7.62. The van der Waals surface area contributed by atoms with E-state index in [1.165, 1.54) is 0 Å². The molecule has 0 amide bonds. The zero-order valence-electron chi connectivity index (χ0n) is 2.67. The van der Waals surface area contributed by atoms with Gasteiger partial charge in [-0.25, -0.2) is 4.39 Å². The Morgan fingerprint density at radius 2 is 1.67 bits per heavy atom. The SMILES string of the molecule is F[C@@H]([79Br])[C@H]([79Br])I. The quantitative estimate of drug-likeness (QED) is 0.512. The number of halogens is 4. The summed E-state index contributed by atoms with van der Waals surface area (Å²) in [5, 5.41) is -0.932. The first-order chi connectivity index (χ1) is 2.64. The van der Waals surface area contributed by atoms with Gasteiger partial charge in [-0.3, -0.25) is 0 Å². The Hall–Kier alpha value is 1.62. The van der Waals surface area contributed by atoms with Crippen molar-refractivity contribution in [2.75, 3.05) is 0 Å². The standard InChI is InChI=1S/C2H2Br2FI/c3-1(5)2(4)6/h1-2H/t1-,2-/m1/s1/i3-1,4-1. The highest BCUT2D eigenvalue weighted by Gasteiger charge is 2.07. The van der Waals surface area contributed by atoms with Crippen molar-refractivity contribution >= 4 is 54.5 Å². The summed E-state index contributed by atoms with van der Waals surface area (Å²) in [5.74, 6) is 0. The third-order valence-corrected chi connectivity index (χ3v) is 3.51. The van der Waals surface area contributed by atoms with Gasteiger partial charge in [0.05, 0.1) is 0 Å². The lowest BCUT2D eigenvalue weighted by Gasteiger charge is -1.95. The largest absolute Gasteiger partial charge is 0.233 e. The zero-order valence-corrected chi connectivity index (χ0v) is 8.00. The summed E-state index contributed by atoms with van der Waals surface area (Å²) in [7, 11) is 0. The van der Waals surface area contributed by atoms with Crippen LogP contribution in [0.15, 0.2) is 0 Å². The molecule has 0 aliphatic carbocycles. The Morgan fingerprint density at radius 1 is 1.50 bits per heavy atom. The summed E-state index contributed by atoms with van der Waals surface area (Å²) in [6.45, 7) is 0. The van der Waals surface area contributed by atoms with E-state index in [4.69, 9.17) is 0 Å². The van der Waals surface area contributed by atoms with Gasteiger partial charge >= 0.3 is 0 Å². The summed E-state index contributed by atoms with van der Waals surface area (Å²) in [5.41, 5.74) is 0. The number of hydrogen-bond acceptors (Lipinski definition) is 0. The molecule has 0 bridgehead atoms. The second kappa shape index (κ2) is 3.60. The topological polar surface area (TPSA) is 0 Å². The van der Waals surface area contributed by atoms with Crippen LogP contribution in [0.3, 0.4) is 0 Å². The molecule has 0 fully saturated rings. The van der Waals surface area contributed by atoms with Gasteiger partial charge in [0.1, 0.15) is 2.83 Å². The molecule has 0 saturated heterocycles. The maximum Gasteiger partial charge on any atom is 0.176 e. The van der Waals surface area contributed by atoms with E-state index < -0.39 is 5.08 Å². The predicted octanol–water partition coefficient (Wildman–Crippen LogP) is 2.83.